The number of aromatic amines is 1. The van der Waals surface area contributed by atoms with Gasteiger partial charge in [0.05, 0.1) is 11.1 Å². The van der Waals surface area contributed by atoms with E-state index in [9.17, 15) is 14.4 Å². The molecular formula is C20H20N4O3S2. The second kappa shape index (κ2) is 8.38. The topological polar surface area (TPSA) is 104 Å². The molecule has 2 amide bonds. The first kappa shape index (κ1) is 19.7. The maximum Gasteiger partial charge on any atom is 0.260 e. The highest BCUT2D eigenvalue weighted by Crippen LogP contribution is 2.34. The second-order valence-corrected chi connectivity index (χ2v) is 8.91. The molecule has 0 fully saturated rings. The van der Waals surface area contributed by atoms with Gasteiger partial charge in [-0.05, 0) is 49.4 Å². The molecule has 29 heavy (non-hydrogen) atoms. The van der Waals surface area contributed by atoms with Gasteiger partial charge in [0, 0.05) is 23.2 Å². The van der Waals surface area contributed by atoms with E-state index < -0.39 is 0 Å². The number of nitrogens with one attached hydrogen (secondary N) is 3. The summed E-state index contributed by atoms with van der Waals surface area (Å²) < 4.78 is 0. The average Bonchev–Trinajstić information content (AvgIpc) is 3.05. The molecule has 150 valence electrons. The van der Waals surface area contributed by atoms with Crippen molar-refractivity contribution in [1.82, 2.24) is 9.97 Å². The molecule has 0 atom stereocenters. The number of aryl methyl sites for hydroxylation is 2. The number of carbonyl (C=O) groups is 2. The molecule has 3 aromatic rings. The molecule has 0 bridgehead atoms. The fourth-order valence-corrected chi connectivity index (χ4v) is 5.40. The van der Waals surface area contributed by atoms with E-state index in [0.717, 1.165) is 36.1 Å². The van der Waals surface area contributed by atoms with Gasteiger partial charge >= 0.3 is 0 Å². The van der Waals surface area contributed by atoms with Crippen LogP contribution in [-0.2, 0) is 22.4 Å². The normalized spacial score (nSPS) is 13.1. The van der Waals surface area contributed by atoms with Gasteiger partial charge in [-0.25, -0.2) is 4.98 Å². The van der Waals surface area contributed by atoms with Crippen LogP contribution < -0.4 is 16.2 Å². The molecule has 1 aromatic carbocycles. The van der Waals surface area contributed by atoms with Crippen LogP contribution in [0.2, 0.25) is 0 Å². The number of fused-ring (bicyclic) bond motifs is 3. The maximum atomic E-state index is 12.6. The predicted octanol–water partition coefficient (Wildman–Crippen LogP) is 3.55. The molecule has 0 saturated carbocycles. The summed E-state index contributed by atoms with van der Waals surface area (Å²) >= 11 is 2.79. The average molecular weight is 429 g/mol. The first-order chi connectivity index (χ1) is 14.0. The quantitative estimate of drug-likeness (QED) is 0.426. The van der Waals surface area contributed by atoms with Gasteiger partial charge in [0.15, 0.2) is 5.16 Å². The molecule has 0 spiro atoms. The van der Waals surface area contributed by atoms with E-state index in [1.54, 1.807) is 35.6 Å². The Morgan fingerprint density at radius 1 is 1.21 bits per heavy atom. The van der Waals surface area contributed by atoms with Crippen molar-refractivity contribution in [3.05, 3.63) is 45.1 Å². The van der Waals surface area contributed by atoms with Crippen LogP contribution in [0.15, 0.2) is 34.2 Å². The summed E-state index contributed by atoms with van der Waals surface area (Å²) in [4.78, 5) is 45.4. The predicted molar refractivity (Wildman–Crippen MR) is 117 cm³/mol. The molecule has 1 aliphatic rings. The maximum absolute atomic E-state index is 12.6. The Labute approximate surface area is 175 Å². The number of anilines is 2. The number of thioether (sulfide) groups is 1. The van der Waals surface area contributed by atoms with Gasteiger partial charge < -0.3 is 15.6 Å². The smallest absolute Gasteiger partial charge is 0.260 e. The molecule has 4 rings (SSSR count). The third-order valence-electron chi connectivity index (χ3n) is 4.61. The van der Waals surface area contributed by atoms with E-state index in [1.807, 2.05) is 0 Å². The van der Waals surface area contributed by atoms with Crippen molar-refractivity contribution in [2.45, 2.75) is 37.8 Å². The molecule has 0 radical (unpaired) electrons. The molecule has 2 aromatic heterocycles. The van der Waals surface area contributed by atoms with Crippen LogP contribution in [0.4, 0.5) is 11.4 Å². The van der Waals surface area contributed by atoms with Gasteiger partial charge in [-0.1, -0.05) is 17.8 Å². The molecule has 3 N–H and O–H groups in total. The van der Waals surface area contributed by atoms with Crippen molar-refractivity contribution in [2.75, 3.05) is 16.4 Å². The van der Waals surface area contributed by atoms with Crippen LogP contribution in [0.1, 0.15) is 30.2 Å². The highest BCUT2D eigenvalue weighted by atomic mass is 32.2. The zero-order chi connectivity index (χ0) is 20.4. The van der Waals surface area contributed by atoms with Gasteiger partial charge in [-0.15, -0.1) is 11.3 Å². The number of aromatic nitrogens is 2. The van der Waals surface area contributed by atoms with Crippen molar-refractivity contribution in [3.8, 4) is 0 Å². The van der Waals surface area contributed by atoms with Crippen molar-refractivity contribution in [2.24, 2.45) is 0 Å². The minimum atomic E-state index is -0.219. The molecule has 0 unspecified atom stereocenters. The number of nitrogens with zero attached hydrogens (tertiary/aromatic N) is 1. The third-order valence-corrected chi connectivity index (χ3v) is 6.67. The van der Waals surface area contributed by atoms with Gasteiger partial charge in [0.2, 0.25) is 11.8 Å². The Hall–Kier alpha value is -2.65. The Bertz CT molecular complexity index is 1150. The summed E-state index contributed by atoms with van der Waals surface area (Å²) in [5, 5.41) is 6.63. The third kappa shape index (κ3) is 4.51. The minimum Gasteiger partial charge on any atom is -0.326 e. The van der Waals surface area contributed by atoms with Crippen LogP contribution in [0.3, 0.4) is 0 Å². The molecule has 0 saturated heterocycles. The standard InChI is InChI=1S/C20H20N4O3S2/c1-11(25)21-12-5-4-6-13(9-12)22-16(26)10-28-20-23-18(27)17-14-7-2-3-8-15(14)29-19(17)24-20/h4-6,9H,2-3,7-8,10H2,1H3,(H,21,25)(H,22,26)(H,23,24,27). The largest absolute Gasteiger partial charge is 0.326 e. The molecule has 2 heterocycles. The van der Waals surface area contributed by atoms with Gasteiger partial charge in [-0.3, -0.25) is 14.4 Å². The number of amides is 2. The van der Waals surface area contributed by atoms with Crippen LogP contribution in [0, 0.1) is 0 Å². The Balaban J connectivity index is 1.44. The van der Waals surface area contributed by atoms with Crippen LogP contribution in [-0.4, -0.2) is 27.5 Å². The molecule has 1 aliphatic carbocycles. The summed E-state index contributed by atoms with van der Waals surface area (Å²) in [5.74, 6) is -0.280. The SMILES string of the molecule is CC(=O)Nc1cccc(NC(=O)CSc2nc3sc4c(c3c(=O)[nH]2)CCCC4)c1. The fourth-order valence-electron chi connectivity index (χ4n) is 3.42. The highest BCUT2D eigenvalue weighted by Gasteiger charge is 2.20. The van der Waals surface area contributed by atoms with Crippen molar-refractivity contribution < 1.29 is 9.59 Å². The summed E-state index contributed by atoms with van der Waals surface area (Å²) in [6.45, 7) is 1.43. The lowest BCUT2D eigenvalue weighted by Gasteiger charge is -2.09. The number of hydrogen-bond donors (Lipinski definition) is 3. The number of thiophene rings is 1. The van der Waals surface area contributed by atoms with E-state index in [0.29, 0.717) is 21.9 Å². The molecule has 0 aliphatic heterocycles. The lowest BCUT2D eigenvalue weighted by Crippen LogP contribution is -2.16. The zero-order valence-corrected chi connectivity index (χ0v) is 17.5. The fraction of sp³-hybridized carbons (Fsp3) is 0.300. The number of hydrogen-bond acceptors (Lipinski definition) is 6. The first-order valence-electron chi connectivity index (χ1n) is 9.34. The Morgan fingerprint density at radius 2 is 1.97 bits per heavy atom. The Morgan fingerprint density at radius 3 is 2.76 bits per heavy atom. The minimum absolute atomic E-state index is 0.115. The lowest BCUT2D eigenvalue weighted by atomic mass is 9.97. The van der Waals surface area contributed by atoms with Crippen molar-refractivity contribution in [1.29, 1.82) is 0 Å². The molecular weight excluding hydrogens is 408 g/mol. The second-order valence-electron chi connectivity index (χ2n) is 6.86. The van der Waals surface area contributed by atoms with Gasteiger partial charge in [0.25, 0.3) is 5.56 Å². The number of carbonyl (C=O) groups excluding carboxylic acids is 2. The lowest BCUT2D eigenvalue weighted by molar-refractivity contribution is -0.114. The van der Waals surface area contributed by atoms with Crippen molar-refractivity contribution >= 4 is 56.5 Å². The van der Waals surface area contributed by atoms with E-state index in [2.05, 4.69) is 20.6 Å². The summed E-state index contributed by atoms with van der Waals surface area (Å²) in [7, 11) is 0. The van der Waals surface area contributed by atoms with Gasteiger partial charge in [-0.2, -0.15) is 0 Å². The highest BCUT2D eigenvalue weighted by molar-refractivity contribution is 7.99. The summed E-state index contributed by atoms with van der Waals surface area (Å²) in [6, 6.07) is 6.93. The van der Waals surface area contributed by atoms with E-state index in [4.69, 9.17) is 0 Å². The van der Waals surface area contributed by atoms with Gasteiger partial charge in [0.1, 0.15) is 4.83 Å². The van der Waals surface area contributed by atoms with E-state index >= 15 is 0 Å². The van der Waals surface area contributed by atoms with E-state index in [1.165, 1.54) is 23.6 Å². The molecule has 9 heteroatoms. The summed E-state index contributed by atoms with van der Waals surface area (Å²) in [6.07, 6.45) is 4.21. The van der Waals surface area contributed by atoms with E-state index in [-0.39, 0.29) is 23.1 Å². The van der Waals surface area contributed by atoms with Crippen LogP contribution in [0.25, 0.3) is 10.2 Å². The monoisotopic (exact) mass is 428 g/mol. The number of rotatable bonds is 5. The molecule has 7 nitrogen and oxygen atoms in total. The van der Waals surface area contributed by atoms with Crippen LogP contribution in [0.5, 0.6) is 0 Å². The summed E-state index contributed by atoms with van der Waals surface area (Å²) in [5.41, 5.74) is 2.23. The van der Waals surface area contributed by atoms with Crippen molar-refractivity contribution in [3.63, 3.8) is 0 Å². The Kier molecular flexibility index (Phi) is 5.68. The first-order valence-corrected chi connectivity index (χ1v) is 11.1. The number of H-pyrrole nitrogens is 1. The van der Waals surface area contributed by atoms with Crippen LogP contribution >= 0.6 is 23.1 Å². The zero-order valence-electron chi connectivity index (χ0n) is 15.8. The number of benzene rings is 1.